The Morgan fingerprint density at radius 1 is 1.35 bits per heavy atom. The fraction of sp³-hybridized carbons (Fsp3) is 0.933. The highest BCUT2D eigenvalue weighted by Crippen LogP contribution is 2.20. The van der Waals surface area contributed by atoms with Crippen molar-refractivity contribution in [3.05, 3.63) is 0 Å². The zero-order valence-electron chi connectivity index (χ0n) is 12.9. The van der Waals surface area contributed by atoms with E-state index in [2.05, 4.69) is 24.1 Å². The average Bonchev–Trinajstić information content (AvgIpc) is 2.38. The van der Waals surface area contributed by atoms with Gasteiger partial charge in [0.15, 0.2) is 0 Å². The molecule has 0 aromatic rings. The van der Waals surface area contributed by atoms with Crippen LogP contribution < -0.4 is 5.32 Å². The van der Waals surface area contributed by atoms with E-state index < -0.39 is 0 Å². The number of rotatable bonds is 4. The SMILES string of the molecule is CC(C)C[C@@H]1C[C@@H](NC(=O)[C@@H]2CN(C)CCO2)CCO1. The lowest BCUT2D eigenvalue weighted by Gasteiger charge is -2.34. The number of ether oxygens (including phenoxy) is 2. The van der Waals surface area contributed by atoms with Crippen LogP contribution >= 0.6 is 0 Å². The van der Waals surface area contributed by atoms with Gasteiger partial charge in [0.1, 0.15) is 6.10 Å². The van der Waals surface area contributed by atoms with Crippen molar-refractivity contribution in [1.82, 2.24) is 10.2 Å². The molecule has 5 heteroatoms. The van der Waals surface area contributed by atoms with Crippen LogP contribution in [0.1, 0.15) is 33.1 Å². The van der Waals surface area contributed by atoms with E-state index in [1.807, 2.05) is 7.05 Å². The summed E-state index contributed by atoms with van der Waals surface area (Å²) in [7, 11) is 2.02. The Morgan fingerprint density at radius 3 is 2.85 bits per heavy atom. The minimum atomic E-state index is -0.319. The molecule has 0 aliphatic carbocycles. The zero-order valence-corrected chi connectivity index (χ0v) is 12.9. The molecule has 0 bridgehead atoms. The van der Waals surface area contributed by atoms with Crippen LogP contribution in [0.15, 0.2) is 0 Å². The lowest BCUT2D eigenvalue weighted by atomic mass is 9.96. The van der Waals surface area contributed by atoms with Crippen LogP contribution in [0.3, 0.4) is 0 Å². The number of carbonyl (C=O) groups excluding carboxylic acids is 1. The topological polar surface area (TPSA) is 50.8 Å². The highest BCUT2D eigenvalue weighted by molar-refractivity contribution is 5.81. The number of nitrogens with zero attached hydrogens (tertiary/aromatic N) is 1. The van der Waals surface area contributed by atoms with Crippen LogP contribution in [0.5, 0.6) is 0 Å². The van der Waals surface area contributed by atoms with Gasteiger partial charge in [0, 0.05) is 25.7 Å². The van der Waals surface area contributed by atoms with Gasteiger partial charge in [-0.2, -0.15) is 0 Å². The largest absolute Gasteiger partial charge is 0.378 e. The molecule has 2 aliphatic rings. The van der Waals surface area contributed by atoms with E-state index >= 15 is 0 Å². The number of morpholine rings is 1. The van der Waals surface area contributed by atoms with Crippen molar-refractivity contribution in [3.63, 3.8) is 0 Å². The number of hydrogen-bond donors (Lipinski definition) is 1. The third-order valence-electron chi connectivity index (χ3n) is 4.01. The van der Waals surface area contributed by atoms with Gasteiger partial charge in [0.25, 0.3) is 5.91 Å². The van der Waals surface area contributed by atoms with Crippen molar-refractivity contribution in [2.24, 2.45) is 5.92 Å². The van der Waals surface area contributed by atoms with Crippen molar-refractivity contribution in [2.45, 2.75) is 51.4 Å². The summed E-state index contributed by atoms with van der Waals surface area (Å²) < 4.78 is 11.3. The summed E-state index contributed by atoms with van der Waals surface area (Å²) in [5.41, 5.74) is 0. The van der Waals surface area contributed by atoms with Crippen molar-refractivity contribution >= 4 is 5.91 Å². The van der Waals surface area contributed by atoms with Crippen LogP contribution in [-0.4, -0.2) is 62.4 Å². The Bertz CT molecular complexity index is 322. The molecule has 5 nitrogen and oxygen atoms in total. The van der Waals surface area contributed by atoms with Crippen molar-refractivity contribution in [1.29, 1.82) is 0 Å². The van der Waals surface area contributed by atoms with E-state index in [1.54, 1.807) is 0 Å². The summed E-state index contributed by atoms with van der Waals surface area (Å²) in [4.78, 5) is 14.4. The van der Waals surface area contributed by atoms with Crippen molar-refractivity contribution < 1.29 is 14.3 Å². The first-order chi connectivity index (χ1) is 9.54. The molecule has 0 unspecified atom stereocenters. The predicted octanol–water partition coefficient (Wildman–Crippen LogP) is 1.03. The Morgan fingerprint density at radius 2 is 2.15 bits per heavy atom. The van der Waals surface area contributed by atoms with Gasteiger partial charge in [0.2, 0.25) is 0 Å². The molecular weight excluding hydrogens is 256 g/mol. The van der Waals surface area contributed by atoms with Gasteiger partial charge in [-0.25, -0.2) is 0 Å². The molecule has 20 heavy (non-hydrogen) atoms. The van der Waals surface area contributed by atoms with E-state index in [-0.39, 0.29) is 24.2 Å². The lowest BCUT2D eigenvalue weighted by Crippen LogP contribution is -2.52. The van der Waals surface area contributed by atoms with Crippen LogP contribution in [-0.2, 0) is 14.3 Å². The summed E-state index contributed by atoms with van der Waals surface area (Å²) in [5.74, 6) is 0.663. The van der Waals surface area contributed by atoms with Crippen LogP contribution in [0.4, 0.5) is 0 Å². The van der Waals surface area contributed by atoms with E-state index in [4.69, 9.17) is 9.47 Å². The Hall–Kier alpha value is -0.650. The Labute approximate surface area is 122 Å². The number of likely N-dealkylation sites (N-methyl/N-ethyl adjacent to an activating group) is 1. The zero-order chi connectivity index (χ0) is 14.5. The maximum absolute atomic E-state index is 12.2. The minimum Gasteiger partial charge on any atom is -0.378 e. The van der Waals surface area contributed by atoms with Gasteiger partial charge in [-0.1, -0.05) is 13.8 Å². The molecule has 2 saturated heterocycles. The molecule has 2 aliphatic heterocycles. The molecular formula is C15H28N2O3. The van der Waals surface area contributed by atoms with Gasteiger partial charge in [-0.3, -0.25) is 4.79 Å². The summed E-state index contributed by atoms with van der Waals surface area (Å²) in [6.45, 7) is 7.38. The maximum atomic E-state index is 12.2. The molecule has 1 amide bonds. The van der Waals surface area contributed by atoms with Gasteiger partial charge in [-0.15, -0.1) is 0 Å². The van der Waals surface area contributed by atoms with E-state index in [0.717, 1.165) is 32.4 Å². The lowest BCUT2D eigenvalue weighted by molar-refractivity contribution is -0.139. The molecule has 3 atom stereocenters. The standard InChI is InChI=1S/C15H28N2O3/c1-11(2)8-13-9-12(4-6-19-13)16-15(18)14-10-17(3)5-7-20-14/h11-14H,4-10H2,1-3H3,(H,16,18)/t12-,13+,14-/m0/s1. The quantitative estimate of drug-likeness (QED) is 0.837. The van der Waals surface area contributed by atoms with E-state index in [1.165, 1.54) is 0 Å². The second-order valence-electron chi connectivity index (χ2n) is 6.47. The molecule has 116 valence electrons. The number of amides is 1. The molecule has 2 fully saturated rings. The summed E-state index contributed by atoms with van der Waals surface area (Å²) in [6.07, 6.45) is 2.86. The maximum Gasteiger partial charge on any atom is 0.250 e. The number of carbonyl (C=O) groups is 1. The normalized spacial score (nSPS) is 32.3. The van der Waals surface area contributed by atoms with Gasteiger partial charge in [-0.05, 0) is 32.2 Å². The Balaban J connectivity index is 1.78. The van der Waals surface area contributed by atoms with Gasteiger partial charge in [0.05, 0.1) is 12.7 Å². The van der Waals surface area contributed by atoms with Crippen LogP contribution in [0.25, 0.3) is 0 Å². The fourth-order valence-corrected chi connectivity index (χ4v) is 2.93. The van der Waals surface area contributed by atoms with Crippen LogP contribution in [0, 0.1) is 5.92 Å². The van der Waals surface area contributed by atoms with Gasteiger partial charge < -0.3 is 19.7 Å². The number of nitrogens with one attached hydrogen (secondary N) is 1. The number of hydrogen-bond acceptors (Lipinski definition) is 4. The molecule has 0 radical (unpaired) electrons. The van der Waals surface area contributed by atoms with E-state index in [0.29, 0.717) is 19.1 Å². The van der Waals surface area contributed by atoms with E-state index in [9.17, 15) is 4.79 Å². The van der Waals surface area contributed by atoms with Crippen molar-refractivity contribution in [2.75, 3.05) is 33.4 Å². The minimum absolute atomic E-state index is 0.0340. The smallest absolute Gasteiger partial charge is 0.250 e. The molecule has 0 spiro atoms. The second-order valence-corrected chi connectivity index (χ2v) is 6.47. The molecule has 0 saturated carbocycles. The molecule has 1 N–H and O–H groups in total. The third-order valence-corrected chi connectivity index (χ3v) is 4.01. The fourth-order valence-electron chi connectivity index (χ4n) is 2.93. The highest BCUT2D eigenvalue weighted by atomic mass is 16.5. The third kappa shape index (κ3) is 4.72. The second kappa shape index (κ2) is 7.38. The van der Waals surface area contributed by atoms with Crippen LogP contribution in [0.2, 0.25) is 0 Å². The Kier molecular flexibility index (Phi) is 5.81. The summed E-state index contributed by atoms with van der Waals surface area (Å²) in [6, 6.07) is 0.232. The first-order valence-electron chi connectivity index (χ1n) is 7.76. The highest BCUT2D eigenvalue weighted by Gasteiger charge is 2.29. The first kappa shape index (κ1) is 15.7. The van der Waals surface area contributed by atoms with Crippen molar-refractivity contribution in [3.8, 4) is 0 Å². The molecule has 2 rings (SSSR count). The average molecular weight is 284 g/mol. The molecule has 2 heterocycles. The predicted molar refractivity (Wildman–Crippen MR) is 77.6 cm³/mol. The summed E-state index contributed by atoms with van der Waals surface area (Å²) >= 11 is 0. The molecule has 0 aromatic carbocycles. The van der Waals surface area contributed by atoms with Gasteiger partial charge >= 0.3 is 0 Å². The summed E-state index contributed by atoms with van der Waals surface area (Å²) in [5, 5.41) is 3.14. The monoisotopic (exact) mass is 284 g/mol. The molecule has 0 aromatic heterocycles. The first-order valence-corrected chi connectivity index (χ1v) is 7.76.